The molecule has 0 radical (unpaired) electrons. The van der Waals surface area contributed by atoms with Gasteiger partial charge in [-0.1, -0.05) is 12.1 Å². The first-order chi connectivity index (χ1) is 14.9. The number of aryl methyl sites for hydroxylation is 3. The van der Waals surface area contributed by atoms with E-state index in [4.69, 9.17) is 0 Å². The fraction of sp³-hybridized carbons (Fsp3) is 0.227. The maximum atomic E-state index is 13.1. The van der Waals surface area contributed by atoms with Gasteiger partial charge in [0.15, 0.2) is 5.78 Å². The molecule has 0 unspecified atom stereocenters. The number of thiophene rings is 1. The summed E-state index contributed by atoms with van der Waals surface area (Å²) in [7, 11) is 0. The second kappa shape index (κ2) is 8.73. The number of ketones is 1. The molecular weight excluding hydrogens is 417 g/mol. The van der Waals surface area contributed by atoms with Crippen LogP contribution in [0.15, 0.2) is 53.8 Å². The second-order valence-corrected chi connectivity index (χ2v) is 8.27. The van der Waals surface area contributed by atoms with Crippen molar-refractivity contribution >= 4 is 17.1 Å². The molecule has 1 aromatic carbocycles. The summed E-state index contributed by atoms with van der Waals surface area (Å²) in [6.45, 7) is 3.95. The van der Waals surface area contributed by atoms with Gasteiger partial charge in [-0.15, -0.1) is 11.3 Å². The lowest BCUT2D eigenvalue weighted by Gasteiger charge is -2.01. The van der Waals surface area contributed by atoms with E-state index in [-0.39, 0.29) is 23.8 Å². The van der Waals surface area contributed by atoms with Crippen molar-refractivity contribution in [2.24, 2.45) is 0 Å². The quantitative estimate of drug-likeness (QED) is 0.413. The average molecular weight is 438 g/mol. The number of carbonyl (C=O) groups is 1. The van der Waals surface area contributed by atoms with Crippen LogP contribution in [-0.4, -0.2) is 30.1 Å². The summed E-state index contributed by atoms with van der Waals surface area (Å²) < 4.78 is 15.8. The largest absolute Gasteiger partial charge is 0.351 e. The molecule has 0 fully saturated rings. The SMILES string of the molecule is Cc1cnc(CCC(=O)c2sc(-n3cnn(Cc4ccc(F)cc4)c3=O)cc2C)cn1. The number of hydrogen-bond donors (Lipinski definition) is 0. The molecule has 0 aliphatic carbocycles. The Morgan fingerprint density at radius 3 is 2.61 bits per heavy atom. The van der Waals surface area contributed by atoms with Crippen LogP contribution < -0.4 is 5.69 Å². The van der Waals surface area contributed by atoms with Gasteiger partial charge >= 0.3 is 5.69 Å². The van der Waals surface area contributed by atoms with Crippen LogP contribution >= 0.6 is 11.3 Å². The number of benzene rings is 1. The van der Waals surface area contributed by atoms with Gasteiger partial charge < -0.3 is 0 Å². The highest BCUT2D eigenvalue weighted by molar-refractivity contribution is 7.16. The Bertz CT molecular complexity index is 1270. The Morgan fingerprint density at radius 2 is 1.90 bits per heavy atom. The lowest BCUT2D eigenvalue weighted by Crippen LogP contribution is -2.23. The van der Waals surface area contributed by atoms with E-state index in [0.29, 0.717) is 22.7 Å². The van der Waals surface area contributed by atoms with Crippen LogP contribution in [0.2, 0.25) is 0 Å². The van der Waals surface area contributed by atoms with Gasteiger partial charge in [0.25, 0.3) is 0 Å². The van der Waals surface area contributed by atoms with E-state index in [1.807, 2.05) is 19.9 Å². The monoisotopic (exact) mass is 437 g/mol. The predicted octanol–water partition coefficient (Wildman–Crippen LogP) is 3.51. The number of rotatable bonds is 7. The molecular formula is C22H20FN5O2S. The van der Waals surface area contributed by atoms with E-state index in [1.165, 1.54) is 39.0 Å². The Kier molecular flexibility index (Phi) is 5.85. The summed E-state index contributed by atoms with van der Waals surface area (Å²) in [5.41, 5.74) is 2.87. The smallest absolute Gasteiger partial charge is 0.293 e. The van der Waals surface area contributed by atoms with Crippen LogP contribution in [0.4, 0.5) is 4.39 Å². The van der Waals surface area contributed by atoms with Crippen molar-refractivity contribution in [3.63, 3.8) is 0 Å². The van der Waals surface area contributed by atoms with Crippen molar-refractivity contribution in [2.45, 2.75) is 33.2 Å². The fourth-order valence-electron chi connectivity index (χ4n) is 3.12. The van der Waals surface area contributed by atoms with Crippen molar-refractivity contribution in [1.29, 1.82) is 0 Å². The van der Waals surface area contributed by atoms with E-state index in [9.17, 15) is 14.0 Å². The summed E-state index contributed by atoms with van der Waals surface area (Å²) in [6.07, 6.45) is 5.63. The molecule has 0 aliphatic rings. The summed E-state index contributed by atoms with van der Waals surface area (Å²) in [4.78, 5) is 34.6. The minimum atomic E-state index is -0.331. The molecule has 0 saturated carbocycles. The molecule has 0 saturated heterocycles. The maximum absolute atomic E-state index is 13.1. The third kappa shape index (κ3) is 4.66. The highest BCUT2D eigenvalue weighted by Gasteiger charge is 2.17. The van der Waals surface area contributed by atoms with Gasteiger partial charge in [0.1, 0.15) is 17.1 Å². The van der Waals surface area contributed by atoms with Gasteiger partial charge in [0.2, 0.25) is 0 Å². The summed E-state index contributed by atoms with van der Waals surface area (Å²) in [5.74, 6) is -0.329. The predicted molar refractivity (Wildman–Crippen MR) is 115 cm³/mol. The highest BCUT2D eigenvalue weighted by atomic mass is 32.1. The van der Waals surface area contributed by atoms with Crippen molar-refractivity contribution in [1.82, 2.24) is 24.3 Å². The molecule has 0 aliphatic heterocycles. The lowest BCUT2D eigenvalue weighted by molar-refractivity contribution is 0.0986. The van der Waals surface area contributed by atoms with Gasteiger partial charge in [-0.2, -0.15) is 5.10 Å². The molecule has 31 heavy (non-hydrogen) atoms. The molecule has 158 valence electrons. The topological polar surface area (TPSA) is 82.7 Å². The molecule has 3 aromatic heterocycles. The number of nitrogens with zero attached hydrogens (tertiary/aromatic N) is 5. The second-order valence-electron chi connectivity index (χ2n) is 7.24. The summed E-state index contributed by atoms with van der Waals surface area (Å²) in [6, 6.07) is 7.74. The minimum Gasteiger partial charge on any atom is -0.293 e. The van der Waals surface area contributed by atoms with Gasteiger partial charge in [-0.05, 0) is 49.6 Å². The number of aromatic nitrogens is 5. The summed E-state index contributed by atoms with van der Waals surface area (Å²) in [5, 5.41) is 4.79. The lowest BCUT2D eigenvalue weighted by atomic mass is 10.1. The number of carbonyl (C=O) groups excluding carboxylic acids is 1. The molecule has 0 bridgehead atoms. The van der Waals surface area contributed by atoms with Crippen LogP contribution in [0.5, 0.6) is 0 Å². The maximum Gasteiger partial charge on any atom is 0.351 e. The molecule has 0 atom stereocenters. The van der Waals surface area contributed by atoms with E-state index < -0.39 is 0 Å². The van der Waals surface area contributed by atoms with Crippen molar-refractivity contribution in [3.8, 4) is 5.00 Å². The molecule has 0 N–H and O–H groups in total. The molecule has 0 amide bonds. The number of hydrogen-bond acceptors (Lipinski definition) is 6. The highest BCUT2D eigenvalue weighted by Crippen LogP contribution is 2.26. The summed E-state index contributed by atoms with van der Waals surface area (Å²) >= 11 is 1.27. The van der Waals surface area contributed by atoms with Crippen LogP contribution in [0.1, 0.15) is 38.6 Å². The van der Waals surface area contributed by atoms with E-state index >= 15 is 0 Å². The van der Waals surface area contributed by atoms with E-state index in [2.05, 4.69) is 15.1 Å². The number of halogens is 1. The first kappa shape index (κ1) is 20.8. The van der Waals surface area contributed by atoms with Gasteiger partial charge in [-0.3, -0.25) is 14.8 Å². The fourth-order valence-corrected chi connectivity index (χ4v) is 4.23. The van der Waals surface area contributed by atoms with Crippen LogP contribution in [0, 0.1) is 19.7 Å². The van der Waals surface area contributed by atoms with Crippen LogP contribution in [0.25, 0.3) is 5.00 Å². The molecule has 0 spiro atoms. The number of Topliss-reactive ketones (excluding diaryl/α,β-unsaturated/α-hetero) is 1. The molecule has 3 heterocycles. The zero-order valence-corrected chi connectivity index (χ0v) is 17.9. The zero-order valence-electron chi connectivity index (χ0n) is 17.1. The first-order valence-corrected chi connectivity index (χ1v) is 10.5. The van der Waals surface area contributed by atoms with Gasteiger partial charge in [-0.25, -0.2) is 18.4 Å². The Hall–Kier alpha value is -3.46. The van der Waals surface area contributed by atoms with Crippen LogP contribution in [-0.2, 0) is 13.0 Å². The van der Waals surface area contributed by atoms with Gasteiger partial charge in [0, 0.05) is 18.8 Å². The third-order valence-corrected chi connectivity index (χ3v) is 6.09. The standard InChI is InChI=1S/C22H20FN5O2S/c1-14-9-20(31-21(14)19(29)8-7-18-11-24-15(2)10-25-18)27-13-26-28(22(27)30)12-16-3-5-17(23)6-4-16/h3-6,9-11,13H,7-8,12H2,1-2H3. The molecule has 9 heteroatoms. The van der Waals surface area contributed by atoms with Gasteiger partial charge in [0.05, 0.1) is 22.8 Å². The Morgan fingerprint density at radius 1 is 1.13 bits per heavy atom. The normalized spacial score (nSPS) is 11.1. The Labute approximate surface area is 181 Å². The molecule has 4 aromatic rings. The van der Waals surface area contributed by atoms with E-state index in [1.54, 1.807) is 24.5 Å². The van der Waals surface area contributed by atoms with Crippen molar-refractivity contribution in [3.05, 3.63) is 92.7 Å². The molecule has 4 rings (SSSR count). The van der Waals surface area contributed by atoms with E-state index in [0.717, 1.165) is 22.5 Å². The van der Waals surface area contributed by atoms with Crippen molar-refractivity contribution in [2.75, 3.05) is 0 Å². The third-order valence-electron chi connectivity index (χ3n) is 4.82. The molecule has 7 nitrogen and oxygen atoms in total. The average Bonchev–Trinajstić information content (AvgIpc) is 3.31. The minimum absolute atomic E-state index is 0.00266. The Balaban J connectivity index is 1.50. The van der Waals surface area contributed by atoms with Crippen molar-refractivity contribution < 1.29 is 9.18 Å². The zero-order chi connectivity index (χ0) is 22.0. The van der Waals surface area contributed by atoms with Crippen LogP contribution in [0.3, 0.4) is 0 Å². The first-order valence-electron chi connectivity index (χ1n) is 9.71.